The van der Waals surface area contributed by atoms with Crippen molar-refractivity contribution in [2.75, 3.05) is 6.54 Å². The minimum atomic E-state index is -0.436. The van der Waals surface area contributed by atoms with Crippen molar-refractivity contribution in [2.45, 2.75) is 26.3 Å². The molecule has 0 spiro atoms. The lowest BCUT2D eigenvalue weighted by Crippen LogP contribution is -2.19. The Kier molecular flexibility index (Phi) is 4.85. The van der Waals surface area contributed by atoms with Gasteiger partial charge in [-0.3, -0.25) is 0 Å². The highest BCUT2D eigenvalue weighted by molar-refractivity contribution is 7.14. The Hall–Kier alpha value is -1.04. The largest absolute Gasteiger partial charge is 0.308 e. The molecule has 0 aliphatic heterocycles. The van der Waals surface area contributed by atoms with Gasteiger partial charge in [-0.2, -0.15) is 0 Å². The molecule has 2 rings (SSSR count). The molecule has 0 saturated heterocycles. The van der Waals surface area contributed by atoms with Gasteiger partial charge in [0.15, 0.2) is 0 Å². The maximum Gasteiger partial charge on any atom is 0.147 e. The maximum atomic E-state index is 13.4. The molecule has 19 heavy (non-hydrogen) atoms. The van der Waals surface area contributed by atoms with Crippen LogP contribution in [-0.2, 0) is 0 Å². The third-order valence-electron chi connectivity index (χ3n) is 2.76. The van der Waals surface area contributed by atoms with Gasteiger partial charge in [-0.1, -0.05) is 42.9 Å². The summed E-state index contributed by atoms with van der Waals surface area (Å²) >= 11 is 7.15. The molecule has 2 aromatic rings. The first-order valence-electron chi connectivity index (χ1n) is 6.17. The Morgan fingerprint density at radius 2 is 2.16 bits per heavy atom. The molecule has 1 N–H and O–H groups in total. The van der Waals surface area contributed by atoms with E-state index < -0.39 is 5.82 Å². The Morgan fingerprint density at radius 3 is 2.79 bits per heavy atom. The van der Waals surface area contributed by atoms with Crippen LogP contribution in [0.4, 0.5) is 4.39 Å². The molecule has 0 fully saturated rings. The zero-order valence-electron chi connectivity index (χ0n) is 10.8. The number of nitrogens with one attached hydrogen (secondary N) is 1. The van der Waals surface area contributed by atoms with Crippen molar-refractivity contribution in [3.8, 4) is 10.6 Å². The average Bonchev–Trinajstić information content (AvgIpc) is 2.88. The number of benzene rings is 1. The fourth-order valence-corrected chi connectivity index (χ4v) is 2.89. The molecule has 1 aromatic carbocycles. The summed E-state index contributed by atoms with van der Waals surface area (Å²) in [5.74, 6) is -0.436. The Balaban J connectivity index is 2.27. The Morgan fingerprint density at radius 1 is 1.37 bits per heavy atom. The van der Waals surface area contributed by atoms with E-state index >= 15 is 0 Å². The standard InChI is InChI=1S/C13H15ClFN3S/c1-3-11(16-4-2)13-18-17-12(19-13)8-5-6-9(14)10(15)7-8/h5-7,11,16H,3-4H2,1-2H3. The number of rotatable bonds is 5. The lowest BCUT2D eigenvalue weighted by atomic mass is 10.2. The lowest BCUT2D eigenvalue weighted by molar-refractivity contribution is 0.531. The van der Waals surface area contributed by atoms with E-state index in [1.54, 1.807) is 6.07 Å². The van der Waals surface area contributed by atoms with Crippen LogP contribution in [-0.4, -0.2) is 16.7 Å². The van der Waals surface area contributed by atoms with Crippen molar-refractivity contribution in [3.05, 3.63) is 34.0 Å². The third-order valence-corrected chi connectivity index (χ3v) is 4.16. The molecule has 1 heterocycles. The van der Waals surface area contributed by atoms with E-state index in [4.69, 9.17) is 11.6 Å². The third kappa shape index (κ3) is 3.29. The molecule has 1 unspecified atom stereocenters. The number of aromatic nitrogens is 2. The highest BCUT2D eigenvalue weighted by Gasteiger charge is 2.15. The monoisotopic (exact) mass is 299 g/mol. The lowest BCUT2D eigenvalue weighted by Gasteiger charge is -2.10. The van der Waals surface area contributed by atoms with E-state index in [9.17, 15) is 4.39 Å². The fourth-order valence-electron chi connectivity index (χ4n) is 1.77. The van der Waals surface area contributed by atoms with E-state index in [1.165, 1.54) is 23.5 Å². The van der Waals surface area contributed by atoms with Gasteiger partial charge >= 0.3 is 0 Å². The first-order valence-corrected chi connectivity index (χ1v) is 7.37. The number of hydrogen-bond acceptors (Lipinski definition) is 4. The Bertz CT molecular complexity index is 559. The van der Waals surface area contributed by atoms with E-state index in [-0.39, 0.29) is 11.1 Å². The van der Waals surface area contributed by atoms with Crippen molar-refractivity contribution in [2.24, 2.45) is 0 Å². The van der Waals surface area contributed by atoms with Crippen molar-refractivity contribution >= 4 is 22.9 Å². The summed E-state index contributed by atoms with van der Waals surface area (Å²) in [6.45, 7) is 5.03. The van der Waals surface area contributed by atoms with Crippen LogP contribution < -0.4 is 5.32 Å². The minimum Gasteiger partial charge on any atom is -0.308 e. The second-order valence-electron chi connectivity index (χ2n) is 4.09. The molecule has 0 saturated carbocycles. The summed E-state index contributed by atoms with van der Waals surface area (Å²) in [6.07, 6.45) is 0.942. The van der Waals surface area contributed by atoms with E-state index in [0.717, 1.165) is 18.0 Å². The van der Waals surface area contributed by atoms with Gasteiger partial charge in [0, 0.05) is 5.56 Å². The summed E-state index contributed by atoms with van der Waals surface area (Å²) in [5, 5.41) is 13.4. The fraction of sp³-hybridized carbons (Fsp3) is 0.385. The quantitative estimate of drug-likeness (QED) is 0.905. The summed E-state index contributed by atoms with van der Waals surface area (Å²) in [7, 11) is 0. The van der Waals surface area contributed by atoms with Crippen molar-refractivity contribution < 1.29 is 4.39 Å². The Labute approximate surface area is 120 Å². The SMILES string of the molecule is CCNC(CC)c1nnc(-c2ccc(Cl)c(F)c2)s1. The number of hydrogen-bond donors (Lipinski definition) is 1. The van der Waals surface area contributed by atoms with E-state index in [0.29, 0.717) is 10.6 Å². The first-order chi connectivity index (χ1) is 9.15. The topological polar surface area (TPSA) is 37.8 Å². The molecule has 0 amide bonds. The van der Waals surface area contributed by atoms with Gasteiger partial charge in [0.2, 0.25) is 0 Å². The summed E-state index contributed by atoms with van der Waals surface area (Å²) in [6, 6.07) is 4.88. The summed E-state index contributed by atoms with van der Waals surface area (Å²) in [5.41, 5.74) is 0.706. The predicted octanol–water partition coefficient (Wildman–Crippen LogP) is 4.06. The highest BCUT2D eigenvalue weighted by Crippen LogP contribution is 2.29. The molecule has 1 aromatic heterocycles. The zero-order valence-corrected chi connectivity index (χ0v) is 12.4. The molecular weight excluding hydrogens is 285 g/mol. The average molecular weight is 300 g/mol. The molecule has 102 valence electrons. The van der Waals surface area contributed by atoms with Gasteiger partial charge in [0.1, 0.15) is 15.8 Å². The van der Waals surface area contributed by atoms with Crippen LogP contribution in [0.2, 0.25) is 5.02 Å². The highest BCUT2D eigenvalue weighted by atomic mass is 35.5. The first kappa shape index (κ1) is 14.4. The van der Waals surface area contributed by atoms with Crippen LogP contribution in [0.3, 0.4) is 0 Å². The van der Waals surface area contributed by atoms with Crippen LogP contribution in [0.1, 0.15) is 31.3 Å². The van der Waals surface area contributed by atoms with E-state index in [2.05, 4.69) is 29.4 Å². The molecule has 6 heteroatoms. The van der Waals surface area contributed by atoms with Crippen LogP contribution in [0.15, 0.2) is 18.2 Å². The molecule has 0 aliphatic carbocycles. The smallest absolute Gasteiger partial charge is 0.147 e. The molecular formula is C13H15ClFN3S. The van der Waals surface area contributed by atoms with Crippen molar-refractivity contribution in [3.63, 3.8) is 0 Å². The van der Waals surface area contributed by atoms with Crippen LogP contribution in [0, 0.1) is 5.82 Å². The van der Waals surface area contributed by atoms with Gasteiger partial charge in [0.05, 0.1) is 11.1 Å². The molecule has 1 atom stereocenters. The van der Waals surface area contributed by atoms with Gasteiger partial charge in [0.25, 0.3) is 0 Å². The molecule has 0 radical (unpaired) electrons. The van der Waals surface area contributed by atoms with Gasteiger partial charge in [-0.05, 0) is 25.1 Å². The normalized spacial score (nSPS) is 12.6. The second kappa shape index (κ2) is 6.41. The summed E-state index contributed by atoms with van der Waals surface area (Å²) < 4.78 is 13.4. The van der Waals surface area contributed by atoms with Crippen molar-refractivity contribution in [1.29, 1.82) is 0 Å². The predicted molar refractivity (Wildman–Crippen MR) is 77.0 cm³/mol. The van der Waals surface area contributed by atoms with E-state index in [1.807, 2.05) is 0 Å². The van der Waals surface area contributed by atoms with Crippen LogP contribution in [0.5, 0.6) is 0 Å². The molecule has 3 nitrogen and oxygen atoms in total. The number of halogens is 2. The van der Waals surface area contributed by atoms with Gasteiger partial charge < -0.3 is 5.32 Å². The summed E-state index contributed by atoms with van der Waals surface area (Å²) in [4.78, 5) is 0. The second-order valence-corrected chi connectivity index (χ2v) is 5.51. The zero-order chi connectivity index (χ0) is 13.8. The van der Waals surface area contributed by atoms with Gasteiger partial charge in [-0.25, -0.2) is 4.39 Å². The van der Waals surface area contributed by atoms with Crippen LogP contribution in [0.25, 0.3) is 10.6 Å². The minimum absolute atomic E-state index is 0.118. The molecule has 0 aliphatic rings. The van der Waals surface area contributed by atoms with Crippen LogP contribution >= 0.6 is 22.9 Å². The number of nitrogens with zero attached hydrogens (tertiary/aromatic N) is 2. The maximum absolute atomic E-state index is 13.4. The van der Waals surface area contributed by atoms with Gasteiger partial charge in [-0.15, -0.1) is 10.2 Å². The molecule has 0 bridgehead atoms. The van der Waals surface area contributed by atoms with Crippen molar-refractivity contribution in [1.82, 2.24) is 15.5 Å².